The third-order valence-corrected chi connectivity index (χ3v) is 16.3. The molecule has 2 aliphatic rings. The SMILES string of the molecule is CC(C)(C)[Si](C)(C)OC[C@@H]1OC(=O)N(c2ccc(Oc3ccc(Cl)cc3)cc2)[C@H]1c1ccccc1.CC[C@@H]1OC(=O)N[C@H]1c1ccccc1.O[B]Oc1ccc(Oc2ccc(Cl)cc2)cc1. The minimum atomic E-state index is -2.01. The molecule has 11 nitrogen and oxygen atoms in total. The number of carbonyl (C=O) groups excluding carboxylic acids is 2. The van der Waals surface area contributed by atoms with Crippen LogP contribution in [-0.2, 0) is 13.9 Å². The Kier molecular flexibility index (Phi) is 17.2. The first-order valence-electron chi connectivity index (χ1n) is 21.5. The van der Waals surface area contributed by atoms with E-state index in [-0.39, 0.29) is 35.4 Å². The van der Waals surface area contributed by atoms with Gasteiger partial charge in [-0.3, -0.25) is 4.90 Å². The summed E-state index contributed by atoms with van der Waals surface area (Å²) in [6, 6.07) is 48.2. The van der Waals surface area contributed by atoms with Crippen molar-refractivity contribution in [2.45, 2.75) is 76.5 Å². The van der Waals surface area contributed by atoms with Crippen molar-refractivity contribution in [2.75, 3.05) is 11.5 Å². The molecule has 2 saturated heterocycles. The molecular formula is C51H54BCl2N2O9Si. The minimum Gasteiger partial charge on any atom is -0.537 e. The summed E-state index contributed by atoms with van der Waals surface area (Å²) in [5, 5.41) is 12.7. The first-order valence-corrected chi connectivity index (χ1v) is 25.2. The van der Waals surface area contributed by atoms with Crippen LogP contribution in [0.25, 0.3) is 0 Å². The van der Waals surface area contributed by atoms with Crippen molar-refractivity contribution >= 4 is 57.1 Å². The van der Waals surface area contributed by atoms with Crippen molar-refractivity contribution in [1.29, 1.82) is 0 Å². The summed E-state index contributed by atoms with van der Waals surface area (Å²) in [6.07, 6.45) is -0.313. The number of alkyl carbamates (subject to hydrolysis) is 1. The molecule has 0 bridgehead atoms. The van der Waals surface area contributed by atoms with Gasteiger partial charge in [0.2, 0.25) is 0 Å². The molecule has 6 aromatic carbocycles. The van der Waals surface area contributed by atoms with Gasteiger partial charge in [0.15, 0.2) is 14.4 Å². The first kappa shape index (κ1) is 49.5. The fraction of sp³-hybridized carbons (Fsp3) is 0.255. The summed E-state index contributed by atoms with van der Waals surface area (Å²) >= 11 is 11.7. The van der Waals surface area contributed by atoms with Crippen molar-refractivity contribution in [3.8, 4) is 28.7 Å². The number of rotatable bonds is 13. The molecule has 2 amide bonds. The van der Waals surface area contributed by atoms with Gasteiger partial charge in [0.25, 0.3) is 0 Å². The number of carbonyl (C=O) groups is 2. The third kappa shape index (κ3) is 13.6. The van der Waals surface area contributed by atoms with Gasteiger partial charge in [0, 0.05) is 15.7 Å². The van der Waals surface area contributed by atoms with Gasteiger partial charge in [-0.25, -0.2) is 9.59 Å². The molecule has 8 rings (SSSR count). The predicted octanol–water partition coefficient (Wildman–Crippen LogP) is 13.5. The molecule has 1 radical (unpaired) electrons. The largest absolute Gasteiger partial charge is 0.569 e. The lowest BCUT2D eigenvalue weighted by Gasteiger charge is -2.37. The molecule has 66 heavy (non-hydrogen) atoms. The summed E-state index contributed by atoms with van der Waals surface area (Å²) in [5.74, 6) is 3.27. The van der Waals surface area contributed by atoms with E-state index in [0.717, 1.165) is 23.2 Å². The van der Waals surface area contributed by atoms with E-state index < -0.39 is 14.4 Å². The smallest absolute Gasteiger partial charge is 0.537 e. The van der Waals surface area contributed by atoms with Crippen LogP contribution in [0.15, 0.2) is 158 Å². The maximum absolute atomic E-state index is 13.1. The molecule has 2 heterocycles. The molecule has 4 atom stereocenters. The molecule has 6 aromatic rings. The zero-order valence-corrected chi connectivity index (χ0v) is 40.2. The van der Waals surface area contributed by atoms with Gasteiger partial charge in [-0.2, -0.15) is 0 Å². The number of hydrogen-bond acceptors (Lipinski definition) is 9. The maximum atomic E-state index is 13.1. The number of anilines is 1. The van der Waals surface area contributed by atoms with Crippen molar-refractivity contribution < 1.29 is 42.6 Å². The number of ether oxygens (including phenoxy) is 4. The summed E-state index contributed by atoms with van der Waals surface area (Å²) < 4.78 is 33.7. The second-order valence-corrected chi connectivity index (χ2v) is 22.6. The van der Waals surface area contributed by atoms with E-state index in [0.29, 0.717) is 53.1 Å². The van der Waals surface area contributed by atoms with Crippen LogP contribution in [0.2, 0.25) is 28.2 Å². The fourth-order valence-electron chi connectivity index (χ4n) is 6.78. The molecule has 2 N–H and O–H groups in total. The Morgan fingerprint density at radius 3 is 1.58 bits per heavy atom. The maximum Gasteiger partial charge on any atom is 0.569 e. The Hall–Kier alpha value is -5.96. The molecule has 0 spiro atoms. The van der Waals surface area contributed by atoms with Crippen LogP contribution >= 0.6 is 23.2 Å². The number of hydrogen-bond donors (Lipinski definition) is 2. The molecule has 0 aliphatic carbocycles. The number of cyclic esters (lactones) is 2. The summed E-state index contributed by atoms with van der Waals surface area (Å²) in [4.78, 5) is 25.9. The van der Waals surface area contributed by atoms with Crippen LogP contribution in [0.5, 0.6) is 28.7 Å². The lowest BCUT2D eigenvalue weighted by atomic mass is 10.0. The van der Waals surface area contributed by atoms with Gasteiger partial charge in [0.05, 0.1) is 12.6 Å². The van der Waals surface area contributed by atoms with Crippen molar-refractivity contribution in [3.63, 3.8) is 0 Å². The van der Waals surface area contributed by atoms with Gasteiger partial charge >= 0.3 is 19.9 Å². The average Bonchev–Trinajstić information content (AvgIpc) is 3.87. The zero-order chi connectivity index (χ0) is 47.3. The lowest BCUT2D eigenvalue weighted by Crippen LogP contribution is -2.43. The molecule has 0 unspecified atom stereocenters. The second kappa shape index (κ2) is 23.0. The molecule has 0 saturated carbocycles. The third-order valence-electron chi connectivity index (χ3n) is 11.3. The summed E-state index contributed by atoms with van der Waals surface area (Å²) in [7, 11) is -1.38. The Labute approximate surface area is 398 Å². The number of nitrogens with one attached hydrogen (secondary N) is 1. The van der Waals surface area contributed by atoms with Crippen LogP contribution in [0.4, 0.5) is 15.3 Å². The molecule has 15 heteroatoms. The highest BCUT2D eigenvalue weighted by atomic mass is 35.5. The normalized spacial score (nSPS) is 17.7. The van der Waals surface area contributed by atoms with Crippen LogP contribution < -0.4 is 24.3 Å². The van der Waals surface area contributed by atoms with E-state index in [4.69, 9.17) is 56.3 Å². The molecular weight excluding hydrogens is 894 g/mol. The molecule has 343 valence electrons. The van der Waals surface area contributed by atoms with Gasteiger partial charge in [0.1, 0.15) is 40.9 Å². The summed E-state index contributed by atoms with van der Waals surface area (Å²) in [5.41, 5.74) is 2.84. The van der Waals surface area contributed by atoms with E-state index in [1.165, 1.54) is 0 Å². The average molecular weight is 949 g/mol. The van der Waals surface area contributed by atoms with Crippen LogP contribution in [0.1, 0.15) is 57.3 Å². The number of amides is 2. The van der Waals surface area contributed by atoms with Crippen molar-refractivity contribution in [2.24, 2.45) is 0 Å². The predicted molar refractivity (Wildman–Crippen MR) is 262 cm³/mol. The standard InChI is InChI=1S/C28H32ClNO4Si.C12H9BClO3.C11H13NO2/c1-28(2,3)35(4,5)32-19-25-26(20-9-7-6-8-10-20)30(27(31)34-25)22-13-17-24(18-14-22)33-23-15-11-21(29)12-16-23;14-9-1-3-10(4-2-9)16-11-5-7-12(8-6-11)17-13-15;1-2-9-10(12-11(13)14-9)8-6-4-3-5-7-8/h6-18,25-26H,19H2,1-5H3;1-8,15H;3-7,9-10H,2H2,1H3,(H,12,13)/t25-,26-;;9-,10-/m0.0/s1. The van der Waals surface area contributed by atoms with Gasteiger partial charge in [-0.05, 0) is 133 Å². The first-order chi connectivity index (χ1) is 31.6. The van der Waals surface area contributed by atoms with E-state index in [1.807, 2.05) is 104 Å². The highest BCUT2D eigenvalue weighted by Gasteiger charge is 2.46. The monoisotopic (exact) mass is 947 g/mol. The van der Waals surface area contributed by atoms with E-state index in [1.54, 1.807) is 65.6 Å². The second-order valence-electron chi connectivity index (χ2n) is 16.9. The van der Waals surface area contributed by atoms with E-state index in [9.17, 15) is 9.59 Å². The topological polar surface area (TPSA) is 125 Å². The van der Waals surface area contributed by atoms with Crippen molar-refractivity contribution in [1.82, 2.24) is 5.32 Å². The highest BCUT2D eigenvalue weighted by molar-refractivity contribution is 6.74. The Bertz CT molecular complexity index is 2450. The van der Waals surface area contributed by atoms with E-state index >= 15 is 0 Å². The Morgan fingerprint density at radius 2 is 1.11 bits per heavy atom. The van der Waals surface area contributed by atoms with Crippen LogP contribution in [0.3, 0.4) is 0 Å². The fourth-order valence-corrected chi connectivity index (χ4v) is 8.04. The van der Waals surface area contributed by atoms with Gasteiger partial charge in [-0.1, -0.05) is 112 Å². The van der Waals surface area contributed by atoms with Gasteiger partial charge < -0.3 is 38.4 Å². The molecule has 2 fully saturated rings. The number of benzene rings is 6. The van der Waals surface area contributed by atoms with Crippen LogP contribution in [-0.4, -0.2) is 52.0 Å². The number of nitrogens with zero attached hydrogens (tertiary/aromatic N) is 1. The Morgan fingerprint density at radius 1 is 0.652 bits per heavy atom. The molecule has 2 aliphatic heterocycles. The van der Waals surface area contributed by atoms with E-state index in [2.05, 4.69) is 39.2 Å². The highest BCUT2D eigenvalue weighted by Crippen LogP contribution is 2.41. The lowest BCUT2D eigenvalue weighted by molar-refractivity contribution is 0.0866. The number of halogens is 2. The van der Waals surface area contributed by atoms with Crippen molar-refractivity contribution in [3.05, 3.63) is 179 Å². The minimum absolute atomic E-state index is 0.00806. The van der Waals surface area contributed by atoms with Gasteiger partial charge in [-0.15, -0.1) is 0 Å². The molecule has 0 aromatic heterocycles. The zero-order valence-electron chi connectivity index (χ0n) is 37.7. The Balaban J connectivity index is 0.000000191. The summed E-state index contributed by atoms with van der Waals surface area (Å²) in [6.45, 7) is 13.4. The quantitative estimate of drug-likeness (QED) is 0.109. The van der Waals surface area contributed by atoms with Crippen LogP contribution in [0, 0.1) is 0 Å².